The van der Waals surface area contributed by atoms with Gasteiger partial charge in [0.1, 0.15) is 0 Å². The first-order valence-corrected chi connectivity index (χ1v) is 5.21. The second-order valence-corrected chi connectivity index (χ2v) is 3.78. The van der Waals surface area contributed by atoms with Gasteiger partial charge >= 0.3 is 0 Å². The molecule has 0 bridgehead atoms. The zero-order chi connectivity index (χ0) is 11.1. The molecule has 15 heavy (non-hydrogen) atoms. The lowest BCUT2D eigenvalue weighted by molar-refractivity contribution is -0.127. The van der Waals surface area contributed by atoms with Gasteiger partial charge in [-0.3, -0.25) is 4.79 Å². The molecular formula is C9H17N5O. The minimum atomic E-state index is 0.184. The maximum absolute atomic E-state index is 11.5. The van der Waals surface area contributed by atoms with E-state index in [0.717, 1.165) is 26.1 Å². The molecule has 0 spiro atoms. The molecule has 6 heteroatoms. The summed E-state index contributed by atoms with van der Waals surface area (Å²) >= 11 is 0. The Bertz CT molecular complexity index is 261. The number of hydrogen-bond donors (Lipinski definition) is 1. The molecule has 1 fully saturated rings. The first-order valence-electron chi connectivity index (χ1n) is 5.21. The Kier molecular flexibility index (Phi) is 4.93. The highest BCUT2D eigenvalue weighted by atomic mass is 16.2. The van der Waals surface area contributed by atoms with Crippen molar-refractivity contribution in [3.63, 3.8) is 0 Å². The number of azide groups is 1. The fourth-order valence-corrected chi connectivity index (χ4v) is 1.79. The lowest BCUT2D eigenvalue weighted by Crippen LogP contribution is -2.28. The summed E-state index contributed by atoms with van der Waals surface area (Å²) in [6, 6.07) is 0. The van der Waals surface area contributed by atoms with E-state index in [4.69, 9.17) is 5.53 Å². The minimum absolute atomic E-state index is 0.184. The molecule has 1 aliphatic rings. The Hall–Kier alpha value is -1.26. The van der Waals surface area contributed by atoms with Crippen LogP contribution >= 0.6 is 0 Å². The van der Waals surface area contributed by atoms with Gasteiger partial charge in [-0.1, -0.05) is 5.11 Å². The third kappa shape index (κ3) is 3.77. The topological polar surface area (TPSA) is 81.1 Å². The van der Waals surface area contributed by atoms with Gasteiger partial charge < -0.3 is 10.2 Å². The molecule has 0 radical (unpaired) electrons. The molecule has 1 saturated heterocycles. The van der Waals surface area contributed by atoms with Crippen LogP contribution < -0.4 is 5.32 Å². The molecule has 1 N–H and O–H groups in total. The van der Waals surface area contributed by atoms with Crippen LogP contribution in [0.15, 0.2) is 5.11 Å². The Balaban J connectivity index is 2.29. The summed E-state index contributed by atoms with van der Waals surface area (Å²) < 4.78 is 0. The van der Waals surface area contributed by atoms with Gasteiger partial charge in [0, 0.05) is 31.0 Å². The first-order chi connectivity index (χ1) is 7.27. The summed E-state index contributed by atoms with van der Waals surface area (Å²) in [5, 5.41) is 6.56. The second-order valence-electron chi connectivity index (χ2n) is 3.78. The van der Waals surface area contributed by atoms with E-state index in [2.05, 4.69) is 15.3 Å². The Labute approximate surface area is 89.3 Å². The molecule has 0 saturated carbocycles. The van der Waals surface area contributed by atoms with Crippen molar-refractivity contribution in [1.82, 2.24) is 10.2 Å². The summed E-state index contributed by atoms with van der Waals surface area (Å²) in [6.07, 6.45) is 1.50. The molecule has 1 heterocycles. The lowest BCUT2D eigenvalue weighted by atomic mass is 10.1. The molecule has 0 aliphatic carbocycles. The highest BCUT2D eigenvalue weighted by Crippen LogP contribution is 2.18. The molecule has 1 aliphatic heterocycles. The Morgan fingerprint density at radius 2 is 2.53 bits per heavy atom. The molecule has 0 aromatic heterocycles. The average Bonchev–Trinajstić information content (AvgIpc) is 2.57. The normalized spacial score (nSPS) is 20.5. The Morgan fingerprint density at radius 3 is 3.20 bits per heavy atom. The molecule has 6 nitrogen and oxygen atoms in total. The van der Waals surface area contributed by atoms with Gasteiger partial charge in [-0.15, -0.1) is 0 Å². The Morgan fingerprint density at radius 1 is 1.73 bits per heavy atom. The van der Waals surface area contributed by atoms with Crippen LogP contribution in [0.4, 0.5) is 0 Å². The largest absolute Gasteiger partial charge is 0.342 e. The summed E-state index contributed by atoms with van der Waals surface area (Å²) in [5.74, 6) is 0.396. The monoisotopic (exact) mass is 211 g/mol. The van der Waals surface area contributed by atoms with Crippen LogP contribution in [0.25, 0.3) is 10.4 Å². The van der Waals surface area contributed by atoms with Gasteiger partial charge in [0.15, 0.2) is 0 Å². The van der Waals surface area contributed by atoms with Crippen LogP contribution in [0.5, 0.6) is 0 Å². The van der Waals surface area contributed by atoms with Gasteiger partial charge in [0.05, 0.1) is 0 Å². The highest BCUT2D eigenvalue weighted by Gasteiger charge is 2.28. The van der Waals surface area contributed by atoms with Crippen LogP contribution in [-0.2, 0) is 4.79 Å². The van der Waals surface area contributed by atoms with Gasteiger partial charge in [-0.2, -0.15) is 0 Å². The van der Waals surface area contributed by atoms with Crippen molar-refractivity contribution < 1.29 is 4.79 Å². The minimum Gasteiger partial charge on any atom is -0.342 e. The number of hydrogen-bond acceptors (Lipinski definition) is 3. The van der Waals surface area contributed by atoms with Crippen molar-refractivity contribution in [2.75, 3.05) is 33.2 Å². The van der Waals surface area contributed by atoms with Crippen molar-refractivity contribution in [2.45, 2.75) is 12.8 Å². The average molecular weight is 211 g/mol. The zero-order valence-corrected chi connectivity index (χ0v) is 9.02. The van der Waals surface area contributed by atoms with Crippen molar-refractivity contribution in [3.05, 3.63) is 10.4 Å². The third-order valence-corrected chi connectivity index (χ3v) is 2.55. The summed E-state index contributed by atoms with van der Waals surface area (Å²) in [7, 11) is 1.90. The van der Waals surface area contributed by atoms with Gasteiger partial charge in [-0.25, -0.2) is 0 Å². The molecule has 0 aromatic rings. The van der Waals surface area contributed by atoms with Gasteiger partial charge in [0.2, 0.25) is 5.91 Å². The van der Waals surface area contributed by atoms with E-state index in [-0.39, 0.29) is 11.8 Å². The number of nitrogens with one attached hydrogen (secondary N) is 1. The predicted molar refractivity (Wildman–Crippen MR) is 57.2 cm³/mol. The zero-order valence-electron chi connectivity index (χ0n) is 9.02. The van der Waals surface area contributed by atoms with Crippen molar-refractivity contribution >= 4 is 5.91 Å². The van der Waals surface area contributed by atoms with Gasteiger partial charge in [-0.05, 0) is 31.5 Å². The summed E-state index contributed by atoms with van der Waals surface area (Å²) in [6.45, 7) is 2.89. The predicted octanol–water partition coefficient (Wildman–Crippen LogP) is 0.755. The number of rotatable bonds is 6. The van der Waals surface area contributed by atoms with E-state index in [9.17, 15) is 4.79 Å². The van der Waals surface area contributed by atoms with Crippen LogP contribution in [0.3, 0.4) is 0 Å². The van der Waals surface area contributed by atoms with Crippen LogP contribution in [-0.4, -0.2) is 44.0 Å². The van der Waals surface area contributed by atoms with Gasteiger partial charge in [0.25, 0.3) is 0 Å². The molecule has 0 aromatic carbocycles. The summed E-state index contributed by atoms with van der Waals surface area (Å²) in [4.78, 5) is 16.1. The van der Waals surface area contributed by atoms with Crippen LogP contribution in [0, 0.1) is 5.92 Å². The fraction of sp³-hybridized carbons (Fsp3) is 0.889. The highest BCUT2D eigenvalue weighted by molar-refractivity contribution is 5.78. The second kappa shape index (κ2) is 6.27. The van der Waals surface area contributed by atoms with Crippen LogP contribution in [0.2, 0.25) is 0 Å². The molecule has 1 amide bonds. The molecule has 1 rings (SSSR count). The summed E-state index contributed by atoms with van der Waals surface area (Å²) in [5.41, 5.74) is 8.18. The number of carbonyl (C=O) groups excluding carboxylic acids is 1. The number of amides is 1. The van der Waals surface area contributed by atoms with Crippen molar-refractivity contribution in [1.29, 1.82) is 0 Å². The lowest BCUT2D eigenvalue weighted by Gasteiger charge is -2.15. The molecule has 1 atom stereocenters. The fourth-order valence-electron chi connectivity index (χ4n) is 1.79. The number of nitrogens with zero attached hydrogens (tertiary/aromatic N) is 4. The third-order valence-electron chi connectivity index (χ3n) is 2.55. The quantitative estimate of drug-likeness (QED) is 0.304. The van der Waals surface area contributed by atoms with E-state index >= 15 is 0 Å². The maximum Gasteiger partial charge on any atom is 0.222 e. The van der Waals surface area contributed by atoms with E-state index in [1.807, 2.05) is 11.9 Å². The standard InChI is InChI=1S/C9H17N5O/c1-11-3-2-4-14-7-8(5-9(14)15)6-12-13-10/h8,11H,2-7H2,1H3. The van der Waals surface area contributed by atoms with Crippen LogP contribution in [0.1, 0.15) is 12.8 Å². The first kappa shape index (κ1) is 11.8. The molecule has 84 valence electrons. The smallest absolute Gasteiger partial charge is 0.222 e. The van der Waals surface area contributed by atoms with E-state index in [1.54, 1.807) is 0 Å². The maximum atomic E-state index is 11.5. The van der Waals surface area contributed by atoms with Crippen molar-refractivity contribution in [3.8, 4) is 0 Å². The van der Waals surface area contributed by atoms with E-state index in [0.29, 0.717) is 13.0 Å². The SMILES string of the molecule is CNCCCN1CC(CN=[N+]=[N-])CC1=O. The number of carbonyl (C=O) groups is 1. The molecular weight excluding hydrogens is 194 g/mol. The number of likely N-dealkylation sites (tertiary alicyclic amines) is 1. The molecule has 1 unspecified atom stereocenters. The van der Waals surface area contributed by atoms with E-state index < -0.39 is 0 Å². The van der Waals surface area contributed by atoms with Crippen molar-refractivity contribution in [2.24, 2.45) is 11.0 Å². The van der Waals surface area contributed by atoms with E-state index in [1.165, 1.54) is 0 Å².